The molecule has 0 saturated carbocycles. The van der Waals surface area contributed by atoms with Crippen LogP contribution in [0.3, 0.4) is 0 Å². The lowest BCUT2D eigenvalue weighted by Gasteiger charge is -2.28. The normalized spacial score (nSPS) is 18.2. The molecular formula is C19H26N2OS. The molecule has 1 aromatic heterocycles. The summed E-state index contributed by atoms with van der Waals surface area (Å²) < 4.78 is 0. The van der Waals surface area contributed by atoms with E-state index in [0.29, 0.717) is 6.04 Å². The minimum Gasteiger partial charge on any atom is -0.392 e. The second-order valence-corrected chi connectivity index (χ2v) is 7.29. The summed E-state index contributed by atoms with van der Waals surface area (Å²) in [5, 5.41) is 15.2. The first kappa shape index (κ1) is 16.7. The van der Waals surface area contributed by atoms with E-state index in [1.54, 1.807) is 0 Å². The van der Waals surface area contributed by atoms with E-state index < -0.39 is 0 Å². The van der Waals surface area contributed by atoms with Crippen LogP contribution in [0.15, 0.2) is 41.8 Å². The van der Waals surface area contributed by atoms with Gasteiger partial charge in [-0.2, -0.15) is 0 Å². The molecule has 2 atom stereocenters. The molecule has 2 N–H and O–H groups in total. The number of rotatable bonds is 7. The van der Waals surface area contributed by atoms with Gasteiger partial charge in [-0.3, -0.25) is 4.90 Å². The van der Waals surface area contributed by atoms with Gasteiger partial charge in [-0.25, -0.2) is 0 Å². The number of aliphatic hydroxyl groups is 1. The first-order chi connectivity index (χ1) is 11.3. The molecule has 3 rings (SSSR count). The third-order valence-corrected chi connectivity index (χ3v) is 5.68. The van der Waals surface area contributed by atoms with Crippen LogP contribution in [-0.2, 0) is 6.61 Å². The molecule has 1 fully saturated rings. The molecule has 1 aliphatic rings. The molecule has 1 aliphatic heterocycles. The number of hydrogen-bond donors (Lipinski definition) is 2. The molecule has 1 saturated heterocycles. The summed E-state index contributed by atoms with van der Waals surface area (Å²) in [5.74, 6) is 0. The van der Waals surface area contributed by atoms with Crippen molar-refractivity contribution < 1.29 is 5.11 Å². The van der Waals surface area contributed by atoms with Crippen LogP contribution < -0.4 is 5.32 Å². The number of nitrogens with one attached hydrogen (secondary N) is 1. The van der Waals surface area contributed by atoms with E-state index in [1.807, 2.05) is 23.5 Å². The second kappa shape index (κ2) is 8.06. The molecule has 124 valence electrons. The highest BCUT2D eigenvalue weighted by atomic mass is 32.1. The number of hydrogen-bond acceptors (Lipinski definition) is 4. The van der Waals surface area contributed by atoms with Gasteiger partial charge in [0.25, 0.3) is 0 Å². The Balaban J connectivity index is 1.65. The predicted molar refractivity (Wildman–Crippen MR) is 96.6 cm³/mol. The van der Waals surface area contributed by atoms with E-state index in [0.717, 1.165) is 12.1 Å². The maximum Gasteiger partial charge on any atom is 0.0681 e. The van der Waals surface area contributed by atoms with Gasteiger partial charge in [0.2, 0.25) is 0 Å². The fraction of sp³-hybridized carbons (Fsp3) is 0.474. The fourth-order valence-corrected chi connectivity index (χ4v) is 4.17. The van der Waals surface area contributed by atoms with Crippen molar-refractivity contribution in [2.75, 3.05) is 19.6 Å². The molecule has 2 unspecified atom stereocenters. The first-order valence-corrected chi connectivity index (χ1v) is 9.36. The Labute approximate surface area is 143 Å². The monoisotopic (exact) mass is 330 g/mol. The molecule has 0 spiro atoms. The molecule has 0 radical (unpaired) electrons. The average Bonchev–Trinajstić information content (AvgIpc) is 3.29. The molecule has 1 aromatic carbocycles. The second-order valence-electron chi connectivity index (χ2n) is 6.31. The Kier molecular flexibility index (Phi) is 5.84. The van der Waals surface area contributed by atoms with Gasteiger partial charge < -0.3 is 10.4 Å². The zero-order valence-electron chi connectivity index (χ0n) is 13.7. The summed E-state index contributed by atoms with van der Waals surface area (Å²) in [6, 6.07) is 13.4. The van der Waals surface area contributed by atoms with Crippen LogP contribution in [0.5, 0.6) is 0 Å². The van der Waals surface area contributed by atoms with Crippen LogP contribution in [0.2, 0.25) is 0 Å². The number of thiophene rings is 1. The molecule has 2 heterocycles. The quantitative estimate of drug-likeness (QED) is 0.812. The van der Waals surface area contributed by atoms with Gasteiger partial charge in [0, 0.05) is 17.5 Å². The van der Waals surface area contributed by atoms with Crippen LogP contribution in [0.4, 0.5) is 0 Å². The minimum atomic E-state index is 0.103. The van der Waals surface area contributed by atoms with Gasteiger partial charge >= 0.3 is 0 Å². The van der Waals surface area contributed by atoms with Crippen LogP contribution >= 0.6 is 11.3 Å². The molecule has 0 bridgehead atoms. The molecule has 3 nitrogen and oxygen atoms in total. The summed E-state index contributed by atoms with van der Waals surface area (Å²) in [7, 11) is 0. The maximum absolute atomic E-state index is 9.30. The Morgan fingerprint density at radius 2 is 2.04 bits per heavy atom. The van der Waals surface area contributed by atoms with Crippen molar-refractivity contribution >= 4 is 11.3 Å². The number of aliphatic hydroxyl groups excluding tert-OH is 1. The van der Waals surface area contributed by atoms with Crippen molar-refractivity contribution in [2.24, 2.45) is 0 Å². The van der Waals surface area contributed by atoms with Gasteiger partial charge in [-0.1, -0.05) is 30.3 Å². The maximum atomic E-state index is 9.30. The molecular weight excluding hydrogens is 304 g/mol. The Bertz CT molecular complexity index is 593. The van der Waals surface area contributed by atoms with E-state index in [2.05, 4.69) is 46.8 Å². The number of benzene rings is 1. The van der Waals surface area contributed by atoms with Gasteiger partial charge in [-0.15, -0.1) is 11.3 Å². The van der Waals surface area contributed by atoms with E-state index in [1.165, 1.54) is 36.4 Å². The van der Waals surface area contributed by atoms with Crippen LogP contribution in [-0.4, -0.2) is 29.6 Å². The fourth-order valence-electron chi connectivity index (χ4n) is 3.31. The Hall–Kier alpha value is -1.20. The molecule has 4 heteroatoms. The van der Waals surface area contributed by atoms with Crippen molar-refractivity contribution in [3.05, 3.63) is 57.8 Å². The highest BCUT2D eigenvalue weighted by molar-refractivity contribution is 7.10. The van der Waals surface area contributed by atoms with Crippen molar-refractivity contribution in [3.8, 4) is 0 Å². The summed E-state index contributed by atoms with van der Waals surface area (Å²) in [5.41, 5.74) is 2.22. The Morgan fingerprint density at radius 1 is 1.22 bits per heavy atom. The smallest absolute Gasteiger partial charge is 0.0681 e. The van der Waals surface area contributed by atoms with Gasteiger partial charge in [-0.05, 0) is 55.4 Å². The lowest BCUT2D eigenvalue weighted by atomic mass is 10.0. The third-order valence-electron chi connectivity index (χ3n) is 4.70. The molecule has 0 aliphatic carbocycles. The molecule has 23 heavy (non-hydrogen) atoms. The summed E-state index contributed by atoms with van der Waals surface area (Å²) in [4.78, 5) is 4.06. The lowest BCUT2D eigenvalue weighted by Crippen LogP contribution is -2.34. The van der Waals surface area contributed by atoms with Crippen molar-refractivity contribution in [3.63, 3.8) is 0 Å². The van der Waals surface area contributed by atoms with Crippen molar-refractivity contribution in [2.45, 2.75) is 38.5 Å². The van der Waals surface area contributed by atoms with Gasteiger partial charge in [0.1, 0.15) is 0 Å². The van der Waals surface area contributed by atoms with Crippen LogP contribution in [0.25, 0.3) is 0 Å². The summed E-state index contributed by atoms with van der Waals surface area (Å²) >= 11 is 1.86. The highest BCUT2D eigenvalue weighted by Crippen LogP contribution is 2.28. The first-order valence-electron chi connectivity index (χ1n) is 8.48. The minimum absolute atomic E-state index is 0.103. The highest BCUT2D eigenvalue weighted by Gasteiger charge is 2.24. The average molecular weight is 330 g/mol. The topological polar surface area (TPSA) is 35.5 Å². The zero-order valence-corrected chi connectivity index (χ0v) is 14.6. The van der Waals surface area contributed by atoms with Gasteiger partial charge in [0.15, 0.2) is 0 Å². The predicted octanol–water partition coefficient (Wildman–Crippen LogP) is 3.73. The van der Waals surface area contributed by atoms with E-state index >= 15 is 0 Å². The standard InChI is InChI=1S/C19H26N2OS/c1-15(17-7-4-6-16(12-17)14-22)20-13-18(19-8-5-11-23-19)21-9-2-3-10-21/h4-8,11-12,15,18,20,22H,2-3,9-10,13-14H2,1H3. The summed E-state index contributed by atoms with van der Waals surface area (Å²) in [6.45, 7) is 5.68. The van der Waals surface area contributed by atoms with Crippen molar-refractivity contribution in [1.82, 2.24) is 10.2 Å². The SMILES string of the molecule is CC(NCC(c1cccs1)N1CCCC1)c1cccc(CO)c1. The molecule has 0 amide bonds. The zero-order chi connectivity index (χ0) is 16.1. The number of nitrogens with zero attached hydrogens (tertiary/aromatic N) is 1. The van der Waals surface area contributed by atoms with E-state index in [9.17, 15) is 5.11 Å². The third kappa shape index (κ3) is 4.21. The van der Waals surface area contributed by atoms with Crippen LogP contribution in [0, 0.1) is 0 Å². The largest absolute Gasteiger partial charge is 0.392 e. The van der Waals surface area contributed by atoms with E-state index in [4.69, 9.17) is 0 Å². The van der Waals surface area contributed by atoms with Crippen molar-refractivity contribution in [1.29, 1.82) is 0 Å². The Morgan fingerprint density at radius 3 is 2.74 bits per heavy atom. The number of likely N-dealkylation sites (tertiary alicyclic amines) is 1. The lowest BCUT2D eigenvalue weighted by molar-refractivity contribution is 0.237. The van der Waals surface area contributed by atoms with Crippen LogP contribution in [0.1, 0.15) is 47.9 Å². The molecule has 2 aromatic rings. The van der Waals surface area contributed by atoms with E-state index in [-0.39, 0.29) is 12.6 Å². The van der Waals surface area contributed by atoms with Gasteiger partial charge in [0.05, 0.1) is 12.6 Å². The summed E-state index contributed by atoms with van der Waals surface area (Å²) in [6.07, 6.45) is 2.63.